The molecule has 1 N–H and O–H groups in total. The van der Waals surface area contributed by atoms with Gasteiger partial charge in [-0.2, -0.15) is 5.26 Å². The summed E-state index contributed by atoms with van der Waals surface area (Å²) in [4.78, 5) is 2.37. The Balaban J connectivity index is 2.12. The monoisotopic (exact) mass is 262 g/mol. The van der Waals surface area contributed by atoms with Gasteiger partial charge in [-0.1, -0.05) is 0 Å². The number of hydrogen-bond acceptors (Lipinski definition) is 3. The molecular weight excluding hydrogens is 236 g/mol. The van der Waals surface area contributed by atoms with Crippen molar-refractivity contribution < 1.29 is 0 Å². The summed E-state index contributed by atoms with van der Waals surface area (Å²) in [5.41, 5.74) is 1.90. The molecule has 19 heavy (non-hydrogen) atoms. The molecule has 0 spiro atoms. The van der Waals surface area contributed by atoms with Crippen LogP contribution in [-0.4, -0.2) is 35.6 Å². The highest BCUT2D eigenvalue weighted by Gasteiger charge is 2.03. The summed E-state index contributed by atoms with van der Waals surface area (Å²) in [5, 5.41) is 12.3. The summed E-state index contributed by atoms with van der Waals surface area (Å²) in [6, 6.07) is 4.75. The predicted octanol–water partition coefficient (Wildman–Crippen LogP) is 2.11. The van der Waals surface area contributed by atoms with E-state index in [1.165, 1.54) is 18.4 Å². The van der Waals surface area contributed by atoms with E-state index in [2.05, 4.69) is 37.2 Å². The average molecular weight is 262 g/mol. The fraction of sp³-hybridized carbons (Fsp3) is 0.667. The molecule has 106 valence electrons. The van der Waals surface area contributed by atoms with Gasteiger partial charge in [-0.15, -0.1) is 0 Å². The number of aromatic nitrogens is 1. The number of hydrogen-bond donors (Lipinski definition) is 1. The maximum atomic E-state index is 8.87. The van der Waals surface area contributed by atoms with Crippen LogP contribution in [0.1, 0.15) is 37.9 Å². The lowest BCUT2D eigenvalue weighted by Gasteiger charge is -2.20. The molecule has 1 heterocycles. The first-order valence-corrected chi connectivity index (χ1v) is 7.01. The third-order valence-corrected chi connectivity index (χ3v) is 3.50. The second-order valence-electron chi connectivity index (χ2n) is 5.41. The Bertz CT molecular complexity index is 414. The maximum Gasteiger partial charge on any atom is 0.120 e. The molecule has 1 aromatic rings. The minimum absolute atomic E-state index is 0.627. The highest BCUT2D eigenvalue weighted by molar-refractivity contribution is 5.28. The Morgan fingerprint density at radius 1 is 1.42 bits per heavy atom. The molecule has 4 heteroatoms. The molecule has 0 unspecified atom stereocenters. The van der Waals surface area contributed by atoms with E-state index in [1.54, 1.807) is 0 Å². The van der Waals surface area contributed by atoms with E-state index in [1.807, 2.05) is 23.9 Å². The minimum atomic E-state index is 0.627. The quantitative estimate of drug-likeness (QED) is 0.730. The van der Waals surface area contributed by atoms with Crippen LogP contribution in [0.5, 0.6) is 0 Å². The molecule has 0 aliphatic heterocycles. The van der Waals surface area contributed by atoms with Gasteiger partial charge in [-0.25, -0.2) is 0 Å². The lowest BCUT2D eigenvalue weighted by atomic mass is 10.2. The van der Waals surface area contributed by atoms with Crippen molar-refractivity contribution in [3.05, 3.63) is 23.5 Å². The van der Waals surface area contributed by atoms with Crippen LogP contribution in [0.3, 0.4) is 0 Å². The second-order valence-corrected chi connectivity index (χ2v) is 5.41. The third kappa shape index (κ3) is 5.46. The molecular formula is C15H26N4. The van der Waals surface area contributed by atoms with Crippen molar-refractivity contribution in [2.45, 2.75) is 39.3 Å². The standard InChI is InChI=1S/C15H26N4/c1-13(2)18(3)8-6-5-7-17-11-14-9-15(10-16)19(4)12-14/h9,12-13,17H,5-8,11H2,1-4H3. The molecule has 0 aromatic carbocycles. The molecule has 0 saturated heterocycles. The molecule has 0 amide bonds. The fourth-order valence-corrected chi connectivity index (χ4v) is 1.94. The van der Waals surface area contributed by atoms with Gasteiger partial charge in [0.2, 0.25) is 0 Å². The lowest BCUT2D eigenvalue weighted by molar-refractivity contribution is 0.268. The number of unbranched alkanes of at least 4 members (excludes halogenated alkanes) is 1. The van der Waals surface area contributed by atoms with Crippen LogP contribution in [0.4, 0.5) is 0 Å². The van der Waals surface area contributed by atoms with Crippen molar-refractivity contribution in [1.29, 1.82) is 5.26 Å². The van der Waals surface area contributed by atoms with E-state index in [9.17, 15) is 0 Å². The van der Waals surface area contributed by atoms with Crippen LogP contribution >= 0.6 is 0 Å². The first-order valence-electron chi connectivity index (χ1n) is 7.01. The van der Waals surface area contributed by atoms with Crippen molar-refractivity contribution in [2.24, 2.45) is 7.05 Å². The van der Waals surface area contributed by atoms with Gasteiger partial charge < -0.3 is 14.8 Å². The Hall–Kier alpha value is -1.31. The van der Waals surface area contributed by atoms with Gasteiger partial charge in [-0.3, -0.25) is 0 Å². The number of nitriles is 1. The SMILES string of the molecule is CC(C)N(C)CCCCNCc1cc(C#N)n(C)c1. The fourth-order valence-electron chi connectivity index (χ4n) is 1.94. The van der Waals surface area contributed by atoms with Crippen molar-refractivity contribution in [1.82, 2.24) is 14.8 Å². The van der Waals surface area contributed by atoms with Crippen molar-refractivity contribution in [2.75, 3.05) is 20.1 Å². The van der Waals surface area contributed by atoms with E-state index < -0.39 is 0 Å². The molecule has 0 saturated carbocycles. The zero-order chi connectivity index (χ0) is 14.3. The average Bonchev–Trinajstić information content (AvgIpc) is 2.73. The van der Waals surface area contributed by atoms with Gasteiger partial charge in [0.15, 0.2) is 0 Å². The van der Waals surface area contributed by atoms with E-state index in [-0.39, 0.29) is 0 Å². The largest absolute Gasteiger partial charge is 0.342 e. The van der Waals surface area contributed by atoms with Gasteiger partial charge >= 0.3 is 0 Å². The predicted molar refractivity (Wildman–Crippen MR) is 78.8 cm³/mol. The summed E-state index contributed by atoms with van der Waals surface area (Å²) >= 11 is 0. The molecule has 0 aliphatic rings. The van der Waals surface area contributed by atoms with Crippen LogP contribution in [-0.2, 0) is 13.6 Å². The Labute approximate surface area is 117 Å². The zero-order valence-electron chi connectivity index (χ0n) is 12.6. The molecule has 1 rings (SSSR count). The number of nitrogens with zero attached hydrogens (tertiary/aromatic N) is 3. The summed E-state index contributed by atoms with van der Waals surface area (Å²) in [6.45, 7) is 7.47. The zero-order valence-corrected chi connectivity index (χ0v) is 12.6. The summed E-state index contributed by atoms with van der Waals surface area (Å²) in [5.74, 6) is 0. The number of nitrogens with one attached hydrogen (secondary N) is 1. The molecule has 0 aliphatic carbocycles. The van der Waals surface area contributed by atoms with E-state index in [0.717, 1.165) is 25.3 Å². The molecule has 0 atom stereocenters. The smallest absolute Gasteiger partial charge is 0.120 e. The van der Waals surface area contributed by atoms with Gasteiger partial charge in [0, 0.05) is 25.8 Å². The van der Waals surface area contributed by atoms with E-state index >= 15 is 0 Å². The van der Waals surface area contributed by atoms with Crippen LogP contribution in [0, 0.1) is 11.3 Å². The molecule has 0 bridgehead atoms. The van der Waals surface area contributed by atoms with Crippen LogP contribution < -0.4 is 5.32 Å². The third-order valence-electron chi connectivity index (χ3n) is 3.50. The van der Waals surface area contributed by atoms with Crippen LogP contribution in [0.2, 0.25) is 0 Å². The van der Waals surface area contributed by atoms with Gasteiger partial charge in [0.05, 0.1) is 0 Å². The van der Waals surface area contributed by atoms with Crippen molar-refractivity contribution in [3.8, 4) is 6.07 Å². The van der Waals surface area contributed by atoms with Crippen LogP contribution in [0.15, 0.2) is 12.3 Å². The lowest BCUT2D eigenvalue weighted by Crippen LogP contribution is -2.27. The maximum absolute atomic E-state index is 8.87. The minimum Gasteiger partial charge on any atom is -0.342 e. The van der Waals surface area contributed by atoms with E-state index in [4.69, 9.17) is 5.26 Å². The Morgan fingerprint density at radius 2 is 2.16 bits per heavy atom. The Morgan fingerprint density at radius 3 is 2.74 bits per heavy atom. The second kappa shape index (κ2) is 7.98. The highest BCUT2D eigenvalue weighted by atomic mass is 15.1. The summed E-state index contributed by atoms with van der Waals surface area (Å²) < 4.78 is 1.87. The van der Waals surface area contributed by atoms with Crippen molar-refractivity contribution >= 4 is 0 Å². The van der Waals surface area contributed by atoms with E-state index in [0.29, 0.717) is 6.04 Å². The normalized spacial score (nSPS) is 11.2. The topological polar surface area (TPSA) is 44.0 Å². The summed E-state index contributed by atoms with van der Waals surface area (Å²) in [6.07, 6.45) is 4.42. The van der Waals surface area contributed by atoms with Gasteiger partial charge in [0.25, 0.3) is 0 Å². The molecule has 4 nitrogen and oxygen atoms in total. The van der Waals surface area contributed by atoms with Crippen molar-refractivity contribution in [3.63, 3.8) is 0 Å². The molecule has 0 radical (unpaired) electrons. The number of rotatable bonds is 8. The van der Waals surface area contributed by atoms with Gasteiger partial charge in [0.1, 0.15) is 11.8 Å². The first-order chi connectivity index (χ1) is 9.04. The van der Waals surface area contributed by atoms with Gasteiger partial charge in [-0.05, 0) is 58.5 Å². The molecule has 0 fully saturated rings. The number of aryl methyl sites for hydroxylation is 1. The van der Waals surface area contributed by atoms with Crippen LogP contribution in [0.25, 0.3) is 0 Å². The Kier molecular flexibility index (Phi) is 6.61. The first kappa shape index (κ1) is 15.7. The summed E-state index contributed by atoms with van der Waals surface area (Å²) in [7, 11) is 4.08. The molecule has 1 aromatic heterocycles. The highest BCUT2D eigenvalue weighted by Crippen LogP contribution is 2.05.